The van der Waals surface area contributed by atoms with Crippen LogP contribution >= 0.6 is 0 Å². The molecule has 0 aliphatic rings. The van der Waals surface area contributed by atoms with Crippen molar-refractivity contribution in [1.29, 1.82) is 0 Å². The quantitative estimate of drug-likeness (QED) is 0.297. The smallest absolute Gasteiger partial charge is 0.302 e. The highest BCUT2D eigenvalue weighted by Gasteiger charge is 2.31. The molecule has 0 spiro atoms. The number of ether oxygens (including phenoxy) is 1. The van der Waals surface area contributed by atoms with Gasteiger partial charge < -0.3 is 24.9 Å². The van der Waals surface area contributed by atoms with Crippen LogP contribution in [0, 0.1) is 0 Å². The molecule has 166 valence electrons. The Morgan fingerprint density at radius 1 is 0.969 bits per heavy atom. The van der Waals surface area contributed by atoms with Gasteiger partial charge in [-0.05, 0) is 23.1 Å². The highest BCUT2D eigenvalue weighted by atomic mass is 16.5. The molecule has 32 heavy (non-hydrogen) atoms. The molecule has 6 nitrogen and oxygen atoms in total. The Hall–Kier alpha value is -3.67. The number of rotatable bonds is 7. The predicted octanol–water partition coefficient (Wildman–Crippen LogP) is 5.32. The second-order valence-corrected chi connectivity index (χ2v) is 8.30. The molecule has 6 heteroatoms. The van der Waals surface area contributed by atoms with Gasteiger partial charge in [0.1, 0.15) is 5.75 Å². The number of aromatic amines is 2. The summed E-state index contributed by atoms with van der Waals surface area (Å²) in [7, 11) is 0. The minimum absolute atomic E-state index is 0.0113. The Morgan fingerprint density at radius 2 is 1.66 bits per heavy atom. The summed E-state index contributed by atoms with van der Waals surface area (Å²) in [6, 6.07) is 17.7. The number of aromatic nitrogens is 2. The van der Waals surface area contributed by atoms with E-state index in [4.69, 9.17) is 4.74 Å². The standard InChI is InChI=1S/C26H28N2O4/c1-15(2)23-25(30)22(26(31)28-23)21(17-9-5-4-6-10-17)24-19(13-14-32-16(3)29)18-11-7-8-12-20(18)27-24/h4-12,15,21,27-28,30-31H,13-14H2,1-3H3. The maximum absolute atomic E-state index is 11.4. The van der Waals surface area contributed by atoms with Crippen molar-refractivity contribution < 1.29 is 19.7 Å². The summed E-state index contributed by atoms with van der Waals surface area (Å²) >= 11 is 0. The first-order valence-corrected chi connectivity index (χ1v) is 10.8. The molecule has 0 aliphatic heterocycles. The normalized spacial score (nSPS) is 12.4. The monoisotopic (exact) mass is 432 g/mol. The third kappa shape index (κ3) is 3.96. The average molecular weight is 433 g/mol. The average Bonchev–Trinajstić information content (AvgIpc) is 3.27. The van der Waals surface area contributed by atoms with Crippen molar-refractivity contribution in [2.75, 3.05) is 6.61 Å². The summed E-state index contributed by atoms with van der Waals surface area (Å²) in [6.45, 7) is 5.56. The maximum atomic E-state index is 11.4. The van der Waals surface area contributed by atoms with E-state index in [-0.39, 0.29) is 30.1 Å². The SMILES string of the molecule is CC(=O)OCCc1c(C(c2ccccc2)c2c(O)[nH]c(C(C)C)c2O)[nH]c2ccccc12. The molecule has 0 saturated carbocycles. The van der Waals surface area contributed by atoms with Crippen molar-refractivity contribution in [3.63, 3.8) is 0 Å². The van der Waals surface area contributed by atoms with Crippen molar-refractivity contribution in [2.45, 2.75) is 39.0 Å². The molecule has 0 amide bonds. The molecule has 0 radical (unpaired) electrons. The molecule has 0 saturated heterocycles. The first-order valence-electron chi connectivity index (χ1n) is 10.8. The lowest BCUT2D eigenvalue weighted by Crippen LogP contribution is -2.09. The molecule has 4 N–H and O–H groups in total. The van der Waals surface area contributed by atoms with E-state index in [0.29, 0.717) is 17.7 Å². The highest BCUT2D eigenvalue weighted by Crippen LogP contribution is 2.46. The minimum atomic E-state index is -0.445. The zero-order valence-corrected chi connectivity index (χ0v) is 18.5. The number of carbonyl (C=O) groups is 1. The first kappa shape index (κ1) is 21.6. The van der Waals surface area contributed by atoms with Gasteiger partial charge >= 0.3 is 5.97 Å². The van der Waals surface area contributed by atoms with Crippen LogP contribution in [0.4, 0.5) is 0 Å². The van der Waals surface area contributed by atoms with Crippen LogP contribution in [0.15, 0.2) is 54.6 Å². The largest absolute Gasteiger partial charge is 0.506 e. The summed E-state index contributed by atoms with van der Waals surface area (Å²) in [5, 5.41) is 23.0. The molecule has 2 heterocycles. The number of fused-ring (bicyclic) bond motifs is 1. The summed E-state index contributed by atoms with van der Waals surface area (Å²) in [4.78, 5) is 17.8. The molecular formula is C26H28N2O4. The molecule has 0 fully saturated rings. The van der Waals surface area contributed by atoms with Gasteiger partial charge in [-0.25, -0.2) is 0 Å². The summed E-state index contributed by atoms with van der Waals surface area (Å²) in [5.41, 5.74) is 4.73. The van der Waals surface area contributed by atoms with E-state index < -0.39 is 5.92 Å². The van der Waals surface area contributed by atoms with Crippen LogP contribution in [0.25, 0.3) is 10.9 Å². The summed E-state index contributed by atoms with van der Waals surface area (Å²) in [6.07, 6.45) is 0.505. The first-order chi connectivity index (χ1) is 15.4. The van der Waals surface area contributed by atoms with E-state index in [1.165, 1.54) is 6.92 Å². The number of benzene rings is 2. The second-order valence-electron chi connectivity index (χ2n) is 8.30. The predicted molar refractivity (Wildman–Crippen MR) is 124 cm³/mol. The topological polar surface area (TPSA) is 98.3 Å². The van der Waals surface area contributed by atoms with E-state index in [1.807, 2.05) is 68.4 Å². The van der Waals surface area contributed by atoms with E-state index in [2.05, 4.69) is 9.97 Å². The van der Waals surface area contributed by atoms with Gasteiger partial charge in [-0.15, -0.1) is 0 Å². The van der Waals surface area contributed by atoms with Gasteiger partial charge in [0.05, 0.1) is 23.8 Å². The molecule has 2 aromatic heterocycles. The van der Waals surface area contributed by atoms with Crippen molar-refractivity contribution in [2.24, 2.45) is 0 Å². The fraction of sp³-hybridized carbons (Fsp3) is 0.269. The Kier molecular flexibility index (Phi) is 5.95. The number of carbonyl (C=O) groups excluding carboxylic acids is 1. The Bertz CT molecular complexity index is 1240. The van der Waals surface area contributed by atoms with Crippen molar-refractivity contribution in [3.05, 3.63) is 82.7 Å². The zero-order chi connectivity index (χ0) is 22.8. The number of esters is 1. The van der Waals surface area contributed by atoms with E-state index in [1.54, 1.807) is 0 Å². The number of nitrogens with one attached hydrogen (secondary N) is 2. The van der Waals surface area contributed by atoms with Crippen LogP contribution < -0.4 is 0 Å². The summed E-state index contributed by atoms with van der Waals surface area (Å²) in [5.74, 6) is -0.744. The third-order valence-corrected chi connectivity index (χ3v) is 5.81. The van der Waals surface area contributed by atoms with Gasteiger partial charge in [-0.3, -0.25) is 4.79 Å². The van der Waals surface area contributed by atoms with Crippen LogP contribution in [0.2, 0.25) is 0 Å². The molecule has 4 rings (SSSR count). The van der Waals surface area contributed by atoms with Crippen LogP contribution in [0.1, 0.15) is 60.7 Å². The zero-order valence-electron chi connectivity index (χ0n) is 18.5. The minimum Gasteiger partial charge on any atom is -0.506 e. The van der Waals surface area contributed by atoms with Crippen LogP contribution in [0.5, 0.6) is 11.6 Å². The molecule has 1 unspecified atom stereocenters. The molecule has 0 aliphatic carbocycles. The summed E-state index contributed by atoms with van der Waals surface area (Å²) < 4.78 is 5.24. The second kappa shape index (κ2) is 8.83. The molecule has 0 bridgehead atoms. The maximum Gasteiger partial charge on any atom is 0.302 e. The fourth-order valence-electron chi connectivity index (χ4n) is 4.36. The van der Waals surface area contributed by atoms with Gasteiger partial charge in [0.25, 0.3) is 0 Å². The van der Waals surface area contributed by atoms with Crippen molar-refractivity contribution in [1.82, 2.24) is 9.97 Å². The lowest BCUT2D eigenvalue weighted by molar-refractivity contribution is -0.140. The lowest BCUT2D eigenvalue weighted by Gasteiger charge is -2.19. The van der Waals surface area contributed by atoms with Crippen LogP contribution in [0.3, 0.4) is 0 Å². The van der Waals surface area contributed by atoms with E-state index >= 15 is 0 Å². The molecule has 1 atom stereocenters. The fourth-order valence-corrected chi connectivity index (χ4v) is 4.36. The number of hydrogen-bond acceptors (Lipinski definition) is 4. The Balaban J connectivity index is 1.95. The Labute approximate surface area is 186 Å². The van der Waals surface area contributed by atoms with Gasteiger partial charge in [0.2, 0.25) is 0 Å². The van der Waals surface area contributed by atoms with Crippen molar-refractivity contribution >= 4 is 16.9 Å². The number of H-pyrrole nitrogens is 2. The molecule has 4 aromatic rings. The van der Waals surface area contributed by atoms with Gasteiger partial charge in [-0.1, -0.05) is 62.4 Å². The van der Waals surface area contributed by atoms with Gasteiger partial charge in [0.15, 0.2) is 5.88 Å². The van der Waals surface area contributed by atoms with Gasteiger partial charge in [0, 0.05) is 29.9 Å². The Morgan fingerprint density at radius 3 is 2.31 bits per heavy atom. The molecule has 2 aromatic carbocycles. The van der Waals surface area contributed by atoms with Crippen LogP contribution in [-0.4, -0.2) is 32.8 Å². The van der Waals surface area contributed by atoms with E-state index in [9.17, 15) is 15.0 Å². The third-order valence-electron chi connectivity index (χ3n) is 5.81. The number of para-hydroxylation sites is 1. The van der Waals surface area contributed by atoms with Crippen LogP contribution in [-0.2, 0) is 16.0 Å². The molecular weight excluding hydrogens is 404 g/mol. The number of aromatic hydroxyl groups is 2. The van der Waals surface area contributed by atoms with Crippen molar-refractivity contribution in [3.8, 4) is 11.6 Å². The van der Waals surface area contributed by atoms with E-state index in [0.717, 1.165) is 27.7 Å². The lowest BCUT2D eigenvalue weighted by atomic mass is 9.86. The number of hydrogen-bond donors (Lipinski definition) is 4. The van der Waals surface area contributed by atoms with Gasteiger partial charge in [-0.2, -0.15) is 0 Å². The highest BCUT2D eigenvalue weighted by molar-refractivity contribution is 5.85.